The van der Waals surface area contributed by atoms with Crippen LogP contribution in [-0.2, 0) is 14.3 Å². The van der Waals surface area contributed by atoms with Crippen LogP contribution in [0.4, 0.5) is 4.79 Å². The summed E-state index contributed by atoms with van der Waals surface area (Å²) in [6, 6.07) is 0. The average Bonchev–Trinajstić information content (AvgIpc) is 2.73. The Morgan fingerprint density at radius 1 is 1.17 bits per heavy atom. The van der Waals surface area contributed by atoms with Gasteiger partial charge in [0.05, 0.1) is 6.61 Å². The number of halogens is 1. The minimum Gasteiger partial charge on any atom is -0.462 e. The molecule has 0 aromatic heterocycles. The van der Waals surface area contributed by atoms with Gasteiger partial charge in [-0.3, -0.25) is 0 Å². The second kappa shape index (κ2) is 10.5. The number of rotatable bonds is 2. The highest BCUT2D eigenvalue weighted by Gasteiger charge is 2.25. The summed E-state index contributed by atoms with van der Waals surface area (Å²) in [5.74, 6) is -0.486. The Morgan fingerprint density at radius 2 is 1.78 bits per heavy atom. The molecule has 0 radical (unpaired) electrons. The highest BCUT2D eigenvalue weighted by molar-refractivity contribution is 6.41. The summed E-state index contributed by atoms with van der Waals surface area (Å²) in [7, 11) is 0. The van der Waals surface area contributed by atoms with E-state index in [4.69, 9.17) is 21.1 Å². The number of esters is 1. The molecule has 134 valence electrons. The van der Waals surface area contributed by atoms with Gasteiger partial charge in [0.1, 0.15) is 10.6 Å². The molecule has 0 N–H and O–H groups in total. The summed E-state index contributed by atoms with van der Waals surface area (Å²) in [6.07, 6.45) is 1.69. The quantitative estimate of drug-likeness (QED) is 0.545. The number of likely N-dealkylation sites (tertiary alicyclic amines) is 1. The molecule has 0 spiro atoms. The summed E-state index contributed by atoms with van der Waals surface area (Å²) in [6.45, 7) is 12.7. The lowest BCUT2D eigenvalue weighted by atomic mass is 10.1. The smallest absolute Gasteiger partial charge is 0.410 e. The van der Waals surface area contributed by atoms with Gasteiger partial charge in [0.25, 0.3) is 0 Å². The van der Waals surface area contributed by atoms with Crippen LogP contribution in [0.25, 0.3) is 0 Å². The van der Waals surface area contributed by atoms with Gasteiger partial charge in [-0.05, 0) is 52.5 Å². The molecule has 1 heterocycles. The Kier molecular flexibility index (Phi) is 9.96. The predicted molar refractivity (Wildman–Crippen MR) is 92.5 cm³/mol. The lowest BCUT2D eigenvalue weighted by molar-refractivity contribution is -0.137. The third-order valence-corrected chi connectivity index (χ3v) is 3.43. The Morgan fingerprint density at radius 3 is 2.30 bits per heavy atom. The lowest BCUT2D eigenvalue weighted by Crippen LogP contribution is -2.37. The molecule has 1 amide bonds. The van der Waals surface area contributed by atoms with Crippen LogP contribution in [0, 0.1) is 0 Å². The summed E-state index contributed by atoms with van der Waals surface area (Å²) in [5, 5.41) is 0.155. The maximum absolute atomic E-state index is 12.0. The number of carbonyl (C=O) groups excluding carboxylic acids is 2. The molecule has 1 rings (SSSR count). The number of nitrogens with zero attached hydrogens (tertiary/aromatic N) is 1. The molecule has 1 saturated heterocycles. The van der Waals surface area contributed by atoms with Gasteiger partial charge in [-0.2, -0.15) is 0 Å². The van der Waals surface area contributed by atoms with E-state index in [1.54, 1.807) is 11.8 Å². The molecule has 5 nitrogen and oxygen atoms in total. The van der Waals surface area contributed by atoms with E-state index < -0.39 is 11.6 Å². The summed E-state index contributed by atoms with van der Waals surface area (Å²) in [5.41, 5.74) is 0.339. The van der Waals surface area contributed by atoms with Crippen molar-refractivity contribution < 1.29 is 19.1 Å². The molecule has 1 aliphatic rings. The Balaban J connectivity index is 0.00000232. The average molecular weight is 348 g/mol. The molecule has 0 aromatic carbocycles. The molecule has 1 aliphatic heterocycles. The first-order valence-corrected chi connectivity index (χ1v) is 8.65. The molecular formula is C17H30ClNO4. The van der Waals surface area contributed by atoms with Crippen molar-refractivity contribution in [1.82, 2.24) is 4.90 Å². The van der Waals surface area contributed by atoms with Crippen molar-refractivity contribution in [3.8, 4) is 0 Å². The maximum atomic E-state index is 12.0. The largest absolute Gasteiger partial charge is 0.462 e. The SMILES string of the molecule is CC.CCOC(=O)/C(Cl)=C1/CCCN(C(=O)OC(C)(C)C)CC1. The van der Waals surface area contributed by atoms with E-state index in [9.17, 15) is 9.59 Å². The second-order valence-corrected chi connectivity index (χ2v) is 6.34. The number of carbonyl (C=O) groups is 2. The van der Waals surface area contributed by atoms with Crippen molar-refractivity contribution in [1.29, 1.82) is 0 Å². The van der Waals surface area contributed by atoms with Crippen molar-refractivity contribution >= 4 is 23.7 Å². The van der Waals surface area contributed by atoms with Gasteiger partial charge in [-0.25, -0.2) is 9.59 Å². The fourth-order valence-corrected chi connectivity index (χ4v) is 2.30. The standard InChI is InChI=1S/C15H24ClNO4.C2H6/c1-5-20-13(18)12(16)11-7-6-9-17(10-8-11)14(19)21-15(2,3)4;1-2/h5-10H2,1-4H3;1-2H3/b12-11+;. The molecule has 6 heteroatoms. The Hall–Kier alpha value is -1.23. The van der Waals surface area contributed by atoms with Gasteiger partial charge in [-0.1, -0.05) is 25.4 Å². The Labute approximate surface area is 145 Å². The van der Waals surface area contributed by atoms with E-state index in [1.165, 1.54) is 0 Å². The number of amides is 1. The normalized spacial score (nSPS) is 17.4. The second-order valence-electron chi connectivity index (χ2n) is 5.96. The first kappa shape index (κ1) is 21.8. The van der Waals surface area contributed by atoms with Gasteiger partial charge in [-0.15, -0.1) is 0 Å². The minimum absolute atomic E-state index is 0.155. The zero-order chi connectivity index (χ0) is 18.0. The number of ether oxygens (including phenoxy) is 2. The molecule has 1 fully saturated rings. The fraction of sp³-hybridized carbons (Fsp3) is 0.765. The highest BCUT2D eigenvalue weighted by atomic mass is 35.5. The van der Waals surface area contributed by atoms with Crippen LogP contribution in [-0.4, -0.2) is 42.3 Å². The van der Waals surface area contributed by atoms with Crippen LogP contribution in [0.2, 0.25) is 0 Å². The summed E-state index contributed by atoms with van der Waals surface area (Å²) in [4.78, 5) is 25.3. The van der Waals surface area contributed by atoms with Crippen LogP contribution in [0.3, 0.4) is 0 Å². The van der Waals surface area contributed by atoms with Crippen molar-refractivity contribution in [2.24, 2.45) is 0 Å². The zero-order valence-electron chi connectivity index (χ0n) is 15.2. The lowest BCUT2D eigenvalue weighted by Gasteiger charge is -2.26. The number of hydrogen-bond donors (Lipinski definition) is 0. The van der Waals surface area contributed by atoms with Gasteiger partial charge in [0.2, 0.25) is 0 Å². The predicted octanol–water partition coefficient (Wildman–Crippen LogP) is 4.49. The van der Waals surface area contributed by atoms with Gasteiger partial charge >= 0.3 is 12.1 Å². The van der Waals surface area contributed by atoms with E-state index in [2.05, 4.69) is 0 Å². The van der Waals surface area contributed by atoms with Crippen molar-refractivity contribution in [2.75, 3.05) is 19.7 Å². The minimum atomic E-state index is -0.509. The molecule has 0 saturated carbocycles. The summed E-state index contributed by atoms with van der Waals surface area (Å²) < 4.78 is 10.3. The van der Waals surface area contributed by atoms with Gasteiger partial charge < -0.3 is 14.4 Å². The highest BCUT2D eigenvalue weighted by Crippen LogP contribution is 2.24. The van der Waals surface area contributed by atoms with Crippen LogP contribution < -0.4 is 0 Å². The third-order valence-electron chi connectivity index (χ3n) is 3.01. The van der Waals surface area contributed by atoms with Crippen LogP contribution in [0.5, 0.6) is 0 Å². The van der Waals surface area contributed by atoms with Crippen LogP contribution in [0.15, 0.2) is 10.6 Å². The molecule has 0 aliphatic carbocycles. The monoisotopic (exact) mass is 347 g/mol. The van der Waals surface area contributed by atoms with E-state index in [0.717, 1.165) is 12.0 Å². The van der Waals surface area contributed by atoms with E-state index in [-0.39, 0.29) is 11.1 Å². The molecule has 23 heavy (non-hydrogen) atoms. The number of hydrogen-bond acceptors (Lipinski definition) is 4. The van der Waals surface area contributed by atoms with Crippen LogP contribution in [0.1, 0.15) is 60.8 Å². The maximum Gasteiger partial charge on any atom is 0.410 e. The van der Waals surface area contributed by atoms with Crippen LogP contribution >= 0.6 is 11.6 Å². The first-order chi connectivity index (χ1) is 10.7. The fourth-order valence-electron chi connectivity index (χ4n) is 2.06. The Bertz CT molecular complexity index is 427. The van der Waals surface area contributed by atoms with Gasteiger partial charge in [0, 0.05) is 13.1 Å². The molecule has 0 atom stereocenters. The van der Waals surface area contributed by atoms with Crippen molar-refractivity contribution in [3.05, 3.63) is 10.6 Å². The topological polar surface area (TPSA) is 55.8 Å². The summed E-state index contributed by atoms with van der Waals surface area (Å²) >= 11 is 6.07. The van der Waals surface area contributed by atoms with E-state index in [0.29, 0.717) is 32.5 Å². The first-order valence-electron chi connectivity index (χ1n) is 8.27. The van der Waals surface area contributed by atoms with Crippen molar-refractivity contribution in [2.45, 2.75) is 66.4 Å². The van der Waals surface area contributed by atoms with Crippen molar-refractivity contribution in [3.63, 3.8) is 0 Å². The molecule has 0 unspecified atom stereocenters. The van der Waals surface area contributed by atoms with E-state index in [1.807, 2.05) is 34.6 Å². The van der Waals surface area contributed by atoms with Gasteiger partial charge in [0.15, 0.2) is 0 Å². The molecule has 0 bridgehead atoms. The molecular weight excluding hydrogens is 318 g/mol. The van der Waals surface area contributed by atoms with E-state index >= 15 is 0 Å². The zero-order valence-corrected chi connectivity index (χ0v) is 16.0. The molecule has 0 aromatic rings. The third kappa shape index (κ3) is 8.26.